The minimum Gasteiger partial charge on any atom is -0.322 e. The molecular formula is C17H19NO. The van der Waals surface area contributed by atoms with Crippen LogP contribution in [0.2, 0.25) is 0 Å². The van der Waals surface area contributed by atoms with Crippen LogP contribution in [-0.2, 0) is 6.42 Å². The molecule has 0 atom stereocenters. The Morgan fingerprint density at radius 1 is 1.05 bits per heavy atom. The van der Waals surface area contributed by atoms with Gasteiger partial charge in [0.1, 0.15) is 0 Å². The third-order valence-electron chi connectivity index (χ3n) is 3.47. The van der Waals surface area contributed by atoms with Gasteiger partial charge in [0.25, 0.3) is 5.91 Å². The maximum atomic E-state index is 12.2. The van der Waals surface area contributed by atoms with Crippen molar-refractivity contribution in [1.82, 2.24) is 0 Å². The predicted molar refractivity (Wildman–Crippen MR) is 79.7 cm³/mol. The Bertz CT molecular complexity index is 585. The molecule has 1 amide bonds. The molecule has 0 aliphatic rings. The molecule has 0 saturated heterocycles. The fourth-order valence-electron chi connectivity index (χ4n) is 2.02. The van der Waals surface area contributed by atoms with Gasteiger partial charge >= 0.3 is 0 Å². The predicted octanol–water partition coefficient (Wildman–Crippen LogP) is 4.12. The van der Waals surface area contributed by atoms with Crippen LogP contribution in [0.1, 0.15) is 34.0 Å². The zero-order chi connectivity index (χ0) is 13.8. The molecule has 2 aromatic rings. The van der Waals surface area contributed by atoms with Gasteiger partial charge in [-0.15, -0.1) is 0 Å². The lowest BCUT2D eigenvalue weighted by atomic mass is 10.0. The van der Waals surface area contributed by atoms with Crippen molar-refractivity contribution in [3.05, 3.63) is 64.7 Å². The van der Waals surface area contributed by atoms with Gasteiger partial charge in [0.05, 0.1) is 0 Å². The number of anilines is 1. The largest absolute Gasteiger partial charge is 0.322 e. The molecule has 1 N–H and O–H groups in total. The summed E-state index contributed by atoms with van der Waals surface area (Å²) in [7, 11) is 0. The van der Waals surface area contributed by atoms with E-state index < -0.39 is 0 Å². The maximum Gasteiger partial charge on any atom is 0.255 e. The summed E-state index contributed by atoms with van der Waals surface area (Å²) in [6, 6.07) is 13.8. The van der Waals surface area contributed by atoms with E-state index >= 15 is 0 Å². The van der Waals surface area contributed by atoms with E-state index in [4.69, 9.17) is 0 Å². The summed E-state index contributed by atoms with van der Waals surface area (Å²) in [6.45, 7) is 6.11. The van der Waals surface area contributed by atoms with Gasteiger partial charge in [0.15, 0.2) is 0 Å². The Morgan fingerprint density at radius 2 is 1.74 bits per heavy atom. The number of hydrogen-bond donors (Lipinski definition) is 1. The first-order valence-electron chi connectivity index (χ1n) is 6.58. The van der Waals surface area contributed by atoms with Crippen LogP contribution in [-0.4, -0.2) is 5.91 Å². The molecule has 0 radical (unpaired) electrons. The van der Waals surface area contributed by atoms with Crippen LogP contribution in [0.25, 0.3) is 0 Å². The molecule has 2 rings (SSSR count). The van der Waals surface area contributed by atoms with Crippen molar-refractivity contribution >= 4 is 11.6 Å². The highest BCUT2D eigenvalue weighted by Crippen LogP contribution is 2.16. The van der Waals surface area contributed by atoms with Crippen LogP contribution in [0.3, 0.4) is 0 Å². The standard InChI is InChI=1S/C17H19NO/c1-4-14-8-10-15(11-9-14)18-17(19)16-7-5-6-12(2)13(16)3/h5-11H,4H2,1-3H3,(H,18,19). The Hall–Kier alpha value is -2.09. The number of hydrogen-bond acceptors (Lipinski definition) is 1. The molecule has 0 aliphatic heterocycles. The van der Waals surface area contributed by atoms with Crippen molar-refractivity contribution in [2.45, 2.75) is 27.2 Å². The molecular weight excluding hydrogens is 234 g/mol. The molecule has 0 bridgehead atoms. The minimum atomic E-state index is -0.0505. The van der Waals surface area contributed by atoms with E-state index in [-0.39, 0.29) is 5.91 Å². The fraction of sp³-hybridized carbons (Fsp3) is 0.235. The topological polar surface area (TPSA) is 29.1 Å². The van der Waals surface area contributed by atoms with Crippen molar-refractivity contribution in [1.29, 1.82) is 0 Å². The van der Waals surface area contributed by atoms with Crippen LogP contribution in [0.15, 0.2) is 42.5 Å². The average molecular weight is 253 g/mol. The Balaban J connectivity index is 2.18. The summed E-state index contributed by atoms with van der Waals surface area (Å²) >= 11 is 0. The van der Waals surface area contributed by atoms with Gasteiger partial charge in [-0.25, -0.2) is 0 Å². The number of amides is 1. The van der Waals surface area contributed by atoms with Crippen molar-refractivity contribution < 1.29 is 4.79 Å². The van der Waals surface area contributed by atoms with Gasteiger partial charge in [0, 0.05) is 11.3 Å². The molecule has 2 aromatic carbocycles. The first-order chi connectivity index (χ1) is 9.11. The highest BCUT2D eigenvalue weighted by atomic mass is 16.1. The van der Waals surface area contributed by atoms with E-state index in [1.165, 1.54) is 5.56 Å². The number of rotatable bonds is 3. The quantitative estimate of drug-likeness (QED) is 0.876. The summed E-state index contributed by atoms with van der Waals surface area (Å²) in [4.78, 5) is 12.2. The van der Waals surface area contributed by atoms with Crippen molar-refractivity contribution in [2.75, 3.05) is 5.32 Å². The van der Waals surface area contributed by atoms with Gasteiger partial charge in [-0.3, -0.25) is 4.79 Å². The van der Waals surface area contributed by atoms with Crippen LogP contribution in [0.4, 0.5) is 5.69 Å². The second-order valence-electron chi connectivity index (χ2n) is 4.75. The lowest BCUT2D eigenvalue weighted by molar-refractivity contribution is 0.102. The van der Waals surface area contributed by atoms with Gasteiger partial charge < -0.3 is 5.32 Å². The summed E-state index contributed by atoms with van der Waals surface area (Å²) in [5, 5.41) is 2.94. The van der Waals surface area contributed by atoms with E-state index in [1.807, 2.05) is 56.3 Å². The molecule has 0 aliphatic carbocycles. The van der Waals surface area contributed by atoms with Crippen LogP contribution in [0.5, 0.6) is 0 Å². The van der Waals surface area contributed by atoms with Crippen LogP contribution >= 0.6 is 0 Å². The summed E-state index contributed by atoms with van der Waals surface area (Å²) in [6.07, 6.45) is 1.01. The second kappa shape index (κ2) is 5.70. The number of carbonyl (C=O) groups excluding carboxylic acids is 1. The first-order valence-corrected chi connectivity index (χ1v) is 6.58. The molecule has 0 unspecified atom stereocenters. The minimum absolute atomic E-state index is 0.0505. The monoisotopic (exact) mass is 253 g/mol. The number of carbonyl (C=O) groups is 1. The van der Waals surface area contributed by atoms with Crippen molar-refractivity contribution in [3.63, 3.8) is 0 Å². The molecule has 0 saturated carbocycles. The summed E-state index contributed by atoms with van der Waals surface area (Å²) in [5.74, 6) is -0.0505. The molecule has 98 valence electrons. The average Bonchev–Trinajstić information content (AvgIpc) is 2.42. The number of benzene rings is 2. The molecule has 0 fully saturated rings. The van der Waals surface area contributed by atoms with Crippen molar-refractivity contribution in [3.8, 4) is 0 Å². The molecule has 19 heavy (non-hydrogen) atoms. The molecule has 0 spiro atoms. The Kier molecular flexibility index (Phi) is 4.00. The first kappa shape index (κ1) is 13.3. The number of nitrogens with one attached hydrogen (secondary N) is 1. The maximum absolute atomic E-state index is 12.2. The van der Waals surface area contributed by atoms with E-state index in [1.54, 1.807) is 0 Å². The molecule has 2 heteroatoms. The van der Waals surface area contributed by atoms with Crippen molar-refractivity contribution in [2.24, 2.45) is 0 Å². The molecule has 0 aromatic heterocycles. The Labute approximate surface area is 114 Å². The van der Waals surface area contributed by atoms with Crippen LogP contribution < -0.4 is 5.32 Å². The van der Waals surface area contributed by atoms with E-state index in [0.717, 1.165) is 28.8 Å². The van der Waals surface area contributed by atoms with E-state index in [9.17, 15) is 4.79 Å². The zero-order valence-electron chi connectivity index (χ0n) is 11.7. The summed E-state index contributed by atoms with van der Waals surface area (Å²) < 4.78 is 0. The Morgan fingerprint density at radius 3 is 2.37 bits per heavy atom. The lowest BCUT2D eigenvalue weighted by Crippen LogP contribution is -2.13. The SMILES string of the molecule is CCc1ccc(NC(=O)c2cccc(C)c2C)cc1. The zero-order valence-corrected chi connectivity index (χ0v) is 11.7. The van der Waals surface area contributed by atoms with Gasteiger partial charge in [-0.05, 0) is 55.2 Å². The normalized spacial score (nSPS) is 10.3. The van der Waals surface area contributed by atoms with E-state index in [2.05, 4.69) is 12.2 Å². The van der Waals surface area contributed by atoms with Crippen LogP contribution in [0, 0.1) is 13.8 Å². The fourth-order valence-corrected chi connectivity index (χ4v) is 2.02. The highest BCUT2D eigenvalue weighted by Gasteiger charge is 2.10. The number of aryl methyl sites for hydroxylation is 2. The third-order valence-corrected chi connectivity index (χ3v) is 3.47. The highest BCUT2D eigenvalue weighted by molar-refractivity contribution is 6.05. The molecule has 0 heterocycles. The molecule has 2 nitrogen and oxygen atoms in total. The van der Waals surface area contributed by atoms with Gasteiger partial charge in [-0.2, -0.15) is 0 Å². The smallest absolute Gasteiger partial charge is 0.255 e. The lowest BCUT2D eigenvalue weighted by Gasteiger charge is -2.09. The summed E-state index contributed by atoms with van der Waals surface area (Å²) in [5.41, 5.74) is 5.01. The van der Waals surface area contributed by atoms with Gasteiger partial charge in [0.2, 0.25) is 0 Å². The third kappa shape index (κ3) is 3.02. The van der Waals surface area contributed by atoms with E-state index in [0.29, 0.717) is 0 Å². The van der Waals surface area contributed by atoms with Gasteiger partial charge in [-0.1, -0.05) is 31.2 Å². The second-order valence-corrected chi connectivity index (χ2v) is 4.75.